The van der Waals surface area contributed by atoms with Gasteiger partial charge >= 0.3 is 5.69 Å². The molecule has 2 rings (SSSR count). The Morgan fingerprint density at radius 1 is 1.52 bits per heavy atom. The lowest BCUT2D eigenvalue weighted by molar-refractivity contribution is -0.385. The molecule has 0 fully saturated rings. The van der Waals surface area contributed by atoms with Crippen LogP contribution in [0.25, 0.3) is 0 Å². The number of rotatable bonds is 5. The first-order valence-corrected chi connectivity index (χ1v) is 7.34. The van der Waals surface area contributed by atoms with Crippen molar-refractivity contribution >= 4 is 17.0 Å². The van der Waals surface area contributed by atoms with E-state index in [0.717, 1.165) is 22.7 Å². The first-order valence-electron chi connectivity index (χ1n) is 6.53. The number of thiophene rings is 1. The minimum Gasteiger partial charge on any atom is -0.438 e. The molecule has 2 aromatic heterocycles. The minimum absolute atomic E-state index is 0.140. The zero-order chi connectivity index (χ0) is 15.6. The molecular weight excluding hydrogens is 292 g/mol. The van der Waals surface area contributed by atoms with Gasteiger partial charge in [0, 0.05) is 16.6 Å². The van der Waals surface area contributed by atoms with Gasteiger partial charge in [0.2, 0.25) is 0 Å². The van der Waals surface area contributed by atoms with Gasteiger partial charge in [0.1, 0.15) is 0 Å². The van der Waals surface area contributed by atoms with E-state index in [1.807, 2.05) is 13.8 Å². The zero-order valence-corrected chi connectivity index (χ0v) is 12.8. The molecule has 6 nitrogen and oxygen atoms in total. The van der Waals surface area contributed by atoms with Crippen molar-refractivity contribution in [1.82, 2.24) is 4.98 Å². The highest BCUT2D eigenvalue weighted by molar-refractivity contribution is 7.14. The lowest BCUT2D eigenvalue weighted by Crippen LogP contribution is -1.96. The maximum Gasteiger partial charge on any atom is 0.323 e. The van der Waals surface area contributed by atoms with E-state index in [0.29, 0.717) is 17.0 Å². The summed E-state index contributed by atoms with van der Waals surface area (Å²) < 4.78 is 5.68. The Morgan fingerprint density at radius 3 is 2.81 bits per heavy atom. The number of hydrogen-bond acceptors (Lipinski definition) is 6. The molecule has 2 heterocycles. The van der Waals surface area contributed by atoms with Gasteiger partial charge in [-0.15, -0.1) is 0 Å². The number of nitrogens with zero attached hydrogens (tertiary/aromatic N) is 2. The summed E-state index contributed by atoms with van der Waals surface area (Å²) in [5, 5.41) is 20.8. The molecule has 0 amide bonds. The summed E-state index contributed by atoms with van der Waals surface area (Å²) in [6.45, 7) is 5.38. The minimum atomic E-state index is -0.771. The van der Waals surface area contributed by atoms with E-state index < -0.39 is 11.0 Å². The van der Waals surface area contributed by atoms with Crippen LogP contribution in [-0.2, 0) is 6.42 Å². The molecule has 0 aliphatic rings. The van der Waals surface area contributed by atoms with Crippen molar-refractivity contribution in [3.63, 3.8) is 0 Å². The summed E-state index contributed by atoms with van der Waals surface area (Å²) in [6, 6.07) is 4.90. The summed E-state index contributed by atoms with van der Waals surface area (Å²) in [5.41, 5.74) is 1.47. The van der Waals surface area contributed by atoms with Crippen molar-refractivity contribution < 1.29 is 14.8 Å². The van der Waals surface area contributed by atoms with Gasteiger partial charge in [-0.25, -0.2) is 0 Å². The quantitative estimate of drug-likeness (QED) is 0.671. The van der Waals surface area contributed by atoms with Gasteiger partial charge in [-0.05, 0) is 32.4 Å². The van der Waals surface area contributed by atoms with Crippen LogP contribution in [0.1, 0.15) is 36.2 Å². The largest absolute Gasteiger partial charge is 0.438 e. The summed E-state index contributed by atoms with van der Waals surface area (Å²) in [5.74, 6) is 0.505. The van der Waals surface area contributed by atoms with Crippen LogP contribution in [0.4, 0.5) is 5.69 Å². The van der Waals surface area contributed by atoms with E-state index in [9.17, 15) is 15.2 Å². The Hall–Kier alpha value is -1.99. The number of aliphatic hydroxyl groups excluding tert-OH is 1. The molecule has 0 aromatic carbocycles. The number of hydrogen-bond donors (Lipinski definition) is 1. The third kappa shape index (κ3) is 3.37. The van der Waals surface area contributed by atoms with Gasteiger partial charge in [0.15, 0.2) is 5.75 Å². The van der Waals surface area contributed by atoms with E-state index in [1.165, 1.54) is 6.07 Å². The van der Waals surface area contributed by atoms with Crippen LogP contribution in [0.3, 0.4) is 0 Å². The van der Waals surface area contributed by atoms with Crippen molar-refractivity contribution in [3.8, 4) is 10.8 Å². The Morgan fingerprint density at radius 2 is 2.24 bits per heavy atom. The molecule has 1 unspecified atom stereocenters. The van der Waals surface area contributed by atoms with E-state index in [2.05, 4.69) is 4.98 Å². The molecule has 112 valence electrons. The molecule has 0 aliphatic carbocycles. The lowest BCUT2D eigenvalue weighted by atomic mass is 10.2. The Balaban J connectivity index is 2.41. The van der Waals surface area contributed by atoms with Gasteiger partial charge < -0.3 is 9.84 Å². The van der Waals surface area contributed by atoms with Crippen LogP contribution in [0.15, 0.2) is 18.2 Å². The van der Waals surface area contributed by atoms with Crippen LogP contribution in [0.2, 0.25) is 0 Å². The van der Waals surface area contributed by atoms with Gasteiger partial charge in [-0.3, -0.25) is 15.1 Å². The standard InChI is InChI=1S/C14H16N2O4S/c1-4-10-12(6-5-8(2)15-10)20-14-11(16(18)19)7-13(21-14)9(3)17/h5-7,9,17H,4H2,1-3H3. The molecule has 0 bridgehead atoms. The van der Waals surface area contributed by atoms with Crippen LogP contribution < -0.4 is 4.74 Å². The van der Waals surface area contributed by atoms with Crippen LogP contribution >= 0.6 is 11.3 Å². The maximum atomic E-state index is 11.1. The summed E-state index contributed by atoms with van der Waals surface area (Å²) in [6.07, 6.45) is -0.104. The van der Waals surface area contributed by atoms with Crippen molar-refractivity contribution in [3.05, 3.63) is 44.6 Å². The molecule has 2 aromatic rings. The predicted octanol–water partition coefficient (Wildman–Crippen LogP) is 3.77. The average Bonchev–Trinajstić information content (AvgIpc) is 2.85. The number of pyridine rings is 1. The van der Waals surface area contributed by atoms with Gasteiger partial charge in [0.25, 0.3) is 5.06 Å². The molecule has 0 radical (unpaired) electrons. The van der Waals surface area contributed by atoms with Crippen LogP contribution in [0, 0.1) is 17.0 Å². The molecule has 1 atom stereocenters. The van der Waals surface area contributed by atoms with Crippen molar-refractivity contribution in [2.24, 2.45) is 0 Å². The maximum absolute atomic E-state index is 11.1. The lowest BCUT2D eigenvalue weighted by Gasteiger charge is -2.08. The number of aliphatic hydroxyl groups is 1. The third-order valence-electron chi connectivity index (χ3n) is 2.92. The Labute approximate surface area is 126 Å². The SMILES string of the molecule is CCc1nc(C)ccc1Oc1sc(C(C)O)cc1[N+](=O)[O-]. The van der Waals surface area contributed by atoms with E-state index in [4.69, 9.17) is 4.74 Å². The summed E-state index contributed by atoms with van der Waals surface area (Å²) >= 11 is 1.07. The molecule has 21 heavy (non-hydrogen) atoms. The number of ether oxygens (including phenoxy) is 1. The fourth-order valence-electron chi connectivity index (χ4n) is 1.83. The van der Waals surface area contributed by atoms with Gasteiger partial charge in [-0.2, -0.15) is 0 Å². The fourth-order valence-corrected chi connectivity index (χ4v) is 2.76. The van der Waals surface area contributed by atoms with Crippen molar-refractivity contribution in [2.75, 3.05) is 0 Å². The first kappa shape index (κ1) is 15.4. The monoisotopic (exact) mass is 308 g/mol. The second-order valence-corrected chi connectivity index (χ2v) is 5.65. The molecular formula is C14H16N2O4S. The molecule has 1 N–H and O–H groups in total. The predicted molar refractivity (Wildman–Crippen MR) is 80.0 cm³/mol. The summed E-state index contributed by atoms with van der Waals surface area (Å²) in [7, 11) is 0. The first-order chi connectivity index (χ1) is 9.92. The fraction of sp³-hybridized carbons (Fsp3) is 0.357. The number of aryl methyl sites for hydroxylation is 2. The topological polar surface area (TPSA) is 85.5 Å². The Bertz CT molecular complexity index is 667. The molecule has 0 aliphatic heterocycles. The highest BCUT2D eigenvalue weighted by Gasteiger charge is 2.23. The van der Waals surface area contributed by atoms with Crippen molar-refractivity contribution in [2.45, 2.75) is 33.3 Å². The number of nitro groups is 1. The van der Waals surface area contributed by atoms with E-state index in [-0.39, 0.29) is 10.8 Å². The normalized spacial score (nSPS) is 12.2. The van der Waals surface area contributed by atoms with Gasteiger partial charge in [0.05, 0.1) is 16.7 Å². The van der Waals surface area contributed by atoms with Crippen LogP contribution in [-0.4, -0.2) is 15.0 Å². The van der Waals surface area contributed by atoms with Crippen molar-refractivity contribution in [1.29, 1.82) is 0 Å². The van der Waals surface area contributed by atoms with E-state index >= 15 is 0 Å². The highest BCUT2D eigenvalue weighted by Crippen LogP contribution is 2.42. The van der Waals surface area contributed by atoms with E-state index in [1.54, 1.807) is 19.1 Å². The molecule has 0 spiro atoms. The Kier molecular flexibility index (Phi) is 4.54. The van der Waals surface area contributed by atoms with Gasteiger partial charge in [-0.1, -0.05) is 18.3 Å². The summed E-state index contributed by atoms with van der Waals surface area (Å²) in [4.78, 5) is 15.4. The average molecular weight is 308 g/mol. The highest BCUT2D eigenvalue weighted by atomic mass is 32.1. The smallest absolute Gasteiger partial charge is 0.323 e. The molecule has 0 saturated carbocycles. The number of aromatic nitrogens is 1. The molecule has 7 heteroatoms. The zero-order valence-electron chi connectivity index (χ0n) is 12.0. The second-order valence-electron chi connectivity index (χ2n) is 4.61. The second kappa shape index (κ2) is 6.19. The van der Waals surface area contributed by atoms with Crippen LogP contribution in [0.5, 0.6) is 10.8 Å². The third-order valence-corrected chi connectivity index (χ3v) is 4.09. The molecule has 0 saturated heterocycles.